The Hall–Kier alpha value is -2.96. The van der Waals surface area contributed by atoms with Crippen LogP contribution in [0.4, 0.5) is 10.1 Å². The average molecular weight is 689 g/mol. The summed E-state index contributed by atoms with van der Waals surface area (Å²) in [6, 6.07) is 1.71. The van der Waals surface area contributed by atoms with Crippen molar-refractivity contribution in [1.29, 1.82) is 0 Å². The third-order valence-electron chi connectivity index (χ3n) is 8.31. The predicted molar refractivity (Wildman–Crippen MR) is 158 cm³/mol. The molecule has 0 bridgehead atoms. The Morgan fingerprint density at radius 2 is 1.70 bits per heavy atom. The molecule has 18 nitrogen and oxygen atoms in total. The molecular weight excluding hydrogens is 665 g/mol. The highest BCUT2D eigenvalue weighted by molar-refractivity contribution is 7.79. The summed E-state index contributed by atoms with van der Waals surface area (Å²) in [7, 11) is 2.75. The Kier molecular flexibility index (Phi) is 7.72. The van der Waals surface area contributed by atoms with Gasteiger partial charge in [-0.2, -0.15) is 0 Å². The first kappa shape index (κ1) is 31.3. The van der Waals surface area contributed by atoms with Crippen molar-refractivity contribution in [3.8, 4) is 0 Å². The van der Waals surface area contributed by atoms with Crippen LogP contribution in [0.3, 0.4) is 0 Å². The highest BCUT2D eigenvalue weighted by atomic mass is 31.2. The predicted octanol–water partition coefficient (Wildman–Crippen LogP) is 0.933. The number of ether oxygens (including phenoxy) is 2. The van der Waals surface area contributed by atoms with Crippen LogP contribution in [-0.4, -0.2) is 106 Å². The van der Waals surface area contributed by atoms with E-state index in [1.807, 2.05) is 0 Å². The van der Waals surface area contributed by atoms with E-state index in [0.29, 0.717) is 29.7 Å². The van der Waals surface area contributed by atoms with Gasteiger partial charge in [0.1, 0.15) is 36.2 Å². The molecule has 4 aliphatic rings. The third kappa shape index (κ3) is 5.48. The van der Waals surface area contributed by atoms with Gasteiger partial charge < -0.3 is 42.2 Å². The Balaban J connectivity index is 1.08. The summed E-state index contributed by atoms with van der Waals surface area (Å²) >= 11 is 0. The molecule has 4 unspecified atom stereocenters. The van der Waals surface area contributed by atoms with Gasteiger partial charge in [-0.3, -0.25) is 28.8 Å². The van der Waals surface area contributed by atoms with Crippen molar-refractivity contribution in [3.05, 3.63) is 47.0 Å². The van der Waals surface area contributed by atoms with Crippen LogP contribution in [0, 0.1) is 0 Å². The van der Waals surface area contributed by atoms with Crippen molar-refractivity contribution in [2.24, 2.45) is 0 Å². The Morgan fingerprint density at radius 1 is 0.979 bits per heavy atom. The number of imidazole rings is 1. The van der Waals surface area contributed by atoms with Gasteiger partial charge in [-0.1, -0.05) is 0 Å². The van der Waals surface area contributed by atoms with Crippen LogP contribution in [0.15, 0.2) is 35.9 Å². The van der Waals surface area contributed by atoms with Crippen molar-refractivity contribution >= 4 is 58.0 Å². The van der Waals surface area contributed by atoms with Gasteiger partial charge in [0.2, 0.25) is 15.1 Å². The molecule has 0 aliphatic carbocycles. The summed E-state index contributed by atoms with van der Waals surface area (Å²) in [6.45, 7) is -0.971. The molecule has 244 valence electrons. The first-order chi connectivity index (χ1) is 22.5. The lowest BCUT2D eigenvalue weighted by atomic mass is 10.1. The van der Waals surface area contributed by atoms with E-state index in [0.717, 1.165) is 11.9 Å². The zero-order valence-corrected chi connectivity index (χ0v) is 25.8. The number of hydrogen-bond acceptors (Lipinski definition) is 15. The minimum absolute atomic E-state index is 0.0427. The summed E-state index contributed by atoms with van der Waals surface area (Å²) in [4.78, 5) is 32.4. The smallest absolute Gasteiger partial charge is 0.278 e. The molecular formula is C24H24B2FN7O11P2. The number of alkyl halides is 1. The molecule has 4 aliphatic heterocycles. The van der Waals surface area contributed by atoms with Crippen LogP contribution in [0.2, 0.25) is 0 Å². The number of rotatable bonds is 2. The van der Waals surface area contributed by atoms with Crippen LogP contribution in [0.5, 0.6) is 0 Å². The molecule has 0 amide bonds. The number of halogens is 1. The van der Waals surface area contributed by atoms with Crippen LogP contribution in [-0.2, 0) is 48.0 Å². The summed E-state index contributed by atoms with van der Waals surface area (Å²) in [6.07, 6.45) is -6.11. The number of nitrogens with zero attached hydrogens (tertiary/aromatic N) is 5. The monoisotopic (exact) mass is 689 g/mol. The van der Waals surface area contributed by atoms with E-state index in [1.54, 1.807) is 12.3 Å². The molecule has 23 heteroatoms. The number of hydrogen-bond donors (Lipinski definition) is 3. The van der Waals surface area contributed by atoms with Gasteiger partial charge in [0, 0.05) is 24.2 Å². The number of anilines is 1. The number of aromatic nitrogens is 6. The molecule has 0 saturated carbocycles. The average Bonchev–Trinajstić information content (AvgIpc) is 3.73. The van der Waals surface area contributed by atoms with Crippen LogP contribution in [0.1, 0.15) is 18.0 Å². The summed E-state index contributed by atoms with van der Waals surface area (Å²) in [5, 5.41) is 11.9. The van der Waals surface area contributed by atoms with Crippen molar-refractivity contribution < 1.29 is 51.0 Å². The highest BCUT2D eigenvalue weighted by Gasteiger charge is 2.53. The zero-order chi connectivity index (χ0) is 32.7. The number of aromatic amines is 1. The maximum Gasteiger partial charge on any atom is 0.278 e. The topological polar surface area (TPSA) is 212 Å². The number of aliphatic hydroxyl groups excluding tert-OH is 1. The second-order valence-electron chi connectivity index (χ2n) is 11.3. The lowest BCUT2D eigenvalue weighted by molar-refractivity contribution is -0.0558. The molecule has 0 spiro atoms. The Bertz CT molecular complexity index is 2020. The quantitative estimate of drug-likeness (QED) is 0.197. The van der Waals surface area contributed by atoms with E-state index >= 15 is 4.39 Å². The largest absolute Gasteiger partial charge is 0.386 e. The molecule has 3 saturated heterocycles. The van der Waals surface area contributed by atoms with Crippen molar-refractivity contribution in [3.63, 3.8) is 0 Å². The summed E-state index contributed by atoms with van der Waals surface area (Å²) < 4.78 is 79.6. The van der Waals surface area contributed by atoms with E-state index in [-0.39, 0.29) is 11.2 Å². The van der Waals surface area contributed by atoms with Gasteiger partial charge >= 0.3 is 0 Å². The number of H-pyrrole nitrogens is 1. The first-order valence-corrected chi connectivity index (χ1v) is 17.5. The number of nitrogens with one attached hydrogen (secondary N) is 2. The molecule has 0 aromatic carbocycles. The van der Waals surface area contributed by atoms with E-state index in [2.05, 4.69) is 25.4 Å². The van der Waals surface area contributed by atoms with E-state index in [9.17, 15) is 19.0 Å². The van der Waals surface area contributed by atoms with Crippen LogP contribution in [0.25, 0.3) is 22.2 Å². The molecule has 47 heavy (non-hydrogen) atoms. The standard InChI is InChI=1S/C24H24B2FN7O11P2/c25-46(37)41-7-13-19(17(35)24(43-13)34-9-31-16-21(34)29-8-30-22(16)36)45-47(26,38)40-6-12-18(44-46)15(27)23(42-12)33-5-10-2-4-39-32-11-1-3-28-20(33)14(10)11/h1,3,5,8-9,12-13,15,17-19,23-24,32,35H,2,4,6-7H2,(H,29,30,36)/t12-,13-,15+,17?,18?,19+,23-,24-,46?,47?/m1/s1. The number of pyridine rings is 1. The molecule has 3 fully saturated rings. The lowest BCUT2D eigenvalue weighted by Gasteiger charge is -2.30. The fraction of sp³-hybridized carbons (Fsp3) is 0.500. The molecule has 4 aromatic heterocycles. The molecule has 8 heterocycles. The van der Waals surface area contributed by atoms with Crippen molar-refractivity contribution in [2.45, 2.75) is 55.6 Å². The normalized spacial score (nSPS) is 37.8. The summed E-state index contributed by atoms with van der Waals surface area (Å²) in [5.74, 6) is 0. The second-order valence-corrected chi connectivity index (χ2v) is 14.3. The maximum atomic E-state index is 16.3. The highest BCUT2D eigenvalue weighted by Crippen LogP contribution is 2.54. The zero-order valence-electron chi connectivity index (χ0n) is 24.0. The van der Waals surface area contributed by atoms with Crippen LogP contribution >= 0.6 is 14.9 Å². The number of fused-ring (bicyclic) bond motifs is 3. The van der Waals surface area contributed by atoms with Crippen molar-refractivity contribution in [2.75, 3.05) is 25.3 Å². The van der Waals surface area contributed by atoms with Gasteiger partial charge in [0.25, 0.3) is 20.5 Å². The molecule has 4 aromatic rings. The SMILES string of the molecule is [B]P1(=O)OC[C@H]2O[C@@H](n3cnc4c(=O)[nH]cnc43)C(O)[C@H]2OP([B])(=O)OC[C@H]2O[C@@H](n3cc4c5c(ccnc53)NOCC4)[C@@H](F)C2O1. The van der Waals surface area contributed by atoms with E-state index in [1.165, 1.54) is 21.7 Å². The van der Waals surface area contributed by atoms with E-state index in [4.69, 9.17) is 47.5 Å². The van der Waals surface area contributed by atoms with Gasteiger partial charge in [-0.25, -0.2) is 19.3 Å². The van der Waals surface area contributed by atoms with Crippen LogP contribution < -0.4 is 11.0 Å². The third-order valence-corrected chi connectivity index (χ3v) is 10.4. The number of aliphatic hydroxyl groups is 1. The molecule has 3 N–H and O–H groups in total. The van der Waals surface area contributed by atoms with E-state index < -0.39 is 82.9 Å². The van der Waals surface area contributed by atoms with Gasteiger partial charge in [0.05, 0.1) is 38.2 Å². The van der Waals surface area contributed by atoms with Gasteiger partial charge in [-0.15, -0.1) is 0 Å². The minimum atomic E-state index is -4.56. The van der Waals surface area contributed by atoms with Gasteiger partial charge in [0.15, 0.2) is 29.8 Å². The molecule has 8 rings (SSSR count). The van der Waals surface area contributed by atoms with Gasteiger partial charge in [-0.05, 0) is 11.6 Å². The minimum Gasteiger partial charge on any atom is -0.386 e. The fourth-order valence-corrected chi connectivity index (χ4v) is 8.23. The van der Waals surface area contributed by atoms with Crippen molar-refractivity contribution in [1.82, 2.24) is 29.1 Å². The summed E-state index contributed by atoms with van der Waals surface area (Å²) in [5.41, 5.74) is 4.14. The molecule has 10 atom stereocenters. The second kappa shape index (κ2) is 11.6. The Morgan fingerprint density at radius 3 is 2.49 bits per heavy atom. The Labute approximate surface area is 265 Å². The molecule has 4 radical (unpaired) electrons. The lowest BCUT2D eigenvalue weighted by Crippen LogP contribution is -2.38. The fourth-order valence-electron chi connectivity index (χ4n) is 6.21. The first-order valence-electron chi connectivity index (χ1n) is 14.3. The maximum absolute atomic E-state index is 16.3.